The van der Waals surface area contributed by atoms with Crippen molar-refractivity contribution < 1.29 is 9.53 Å². The first-order chi connectivity index (χ1) is 9.21. The third kappa shape index (κ3) is 2.55. The van der Waals surface area contributed by atoms with Crippen LogP contribution in [-0.4, -0.2) is 33.0 Å². The number of ketones is 1. The summed E-state index contributed by atoms with van der Waals surface area (Å²) in [6.45, 7) is 1.37. The Hall–Kier alpha value is -1.27. The number of rotatable bonds is 4. The second kappa shape index (κ2) is 5.02. The lowest BCUT2D eigenvalue weighted by atomic mass is 9.71. The molecular weight excluding hydrogens is 244 g/mol. The molecule has 2 N–H and O–H groups in total. The quantitative estimate of drug-likeness (QED) is 0.863. The van der Waals surface area contributed by atoms with Crippen molar-refractivity contribution in [2.75, 3.05) is 6.61 Å². The molecule has 1 aromatic heterocycles. The summed E-state index contributed by atoms with van der Waals surface area (Å²) in [6.07, 6.45) is 6.90. The molecule has 0 radical (unpaired) electrons. The maximum absolute atomic E-state index is 12.3. The van der Waals surface area contributed by atoms with Crippen molar-refractivity contribution >= 4 is 5.78 Å². The molecule has 2 aliphatic rings. The van der Waals surface area contributed by atoms with E-state index in [0.29, 0.717) is 19.7 Å². The zero-order valence-corrected chi connectivity index (χ0v) is 11.0. The lowest BCUT2D eigenvalue weighted by molar-refractivity contribution is -0.156. The Morgan fingerprint density at radius 2 is 2.42 bits per heavy atom. The monoisotopic (exact) mass is 264 g/mol. The van der Waals surface area contributed by atoms with Crippen molar-refractivity contribution in [2.45, 2.75) is 50.8 Å². The highest BCUT2D eigenvalue weighted by atomic mass is 16.5. The molecule has 1 aliphatic carbocycles. The van der Waals surface area contributed by atoms with Gasteiger partial charge in [-0.05, 0) is 32.1 Å². The molecule has 19 heavy (non-hydrogen) atoms. The lowest BCUT2D eigenvalue weighted by Crippen LogP contribution is -2.47. The second-order valence-corrected chi connectivity index (χ2v) is 5.65. The summed E-state index contributed by atoms with van der Waals surface area (Å²) in [7, 11) is 0. The van der Waals surface area contributed by atoms with Crippen LogP contribution in [0.4, 0.5) is 0 Å². The fraction of sp³-hybridized carbons (Fsp3) is 0.769. The summed E-state index contributed by atoms with van der Waals surface area (Å²) < 4.78 is 7.44. The van der Waals surface area contributed by atoms with Crippen molar-refractivity contribution in [1.29, 1.82) is 0 Å². The number of Topliss-reactive ketones (excluding diaryl/α,β-unsaturated/α-hetero) is 1. The van der Waals surface area contributed by atoms with Crippen LogP contribution in [0, 0.1) is 5.92 Å². The molecule has 1 aliphatic heterocycles. The number of nitrogens with zero attached hydrogens (tertiary/aromatic N) is 3. The summed E-state index contributed by atoms with van der Waals surface area (Å²) in [4.78, 5) is 12.3. The van der Waals surface area contributed by atoms with Crippen molar-refractivity contribution in [3.8, 4) is 0 Å². The van der Waals surface area contributed by atoms with Crippen LogP contribution in [0.1, 0.15) is 37.8 Å². The van der Waals surface area contributed by atoms with Crippen LogP contribution in [-0.2, 0) is 22.6 Å². The Morgan fingerprint density at radius 3 is 3.05 bits per heavy atom. The molecule has 104 valence electrons. The van der Waals surface area contributed by atoms with Gasteiger partial charge < -0.3 is 10.5 Å². The third-order valence-corrected chi connectivity index (χ3v) is 4.33. The summed E-state index contributed by atoms with van der Waals surface area (Å²) in [6, 6.07) is 0. The van der Waals surface area contributed by atoms with Gasteiger partial charge in [-0.15, -0.1) is 5.10 Å². The fourth-order valence-corrected chi connectivity index (χ4v) is 3.02. The SMILES string of the molecule is NCc1cn(CC(=O)C2CCOC3(CCC3)C2)nn1. The van der Waals surface area contributed by atoms with Gasteiger partial charge in [-0.2, -0.15) is 0 Å². The van der Waals surface area contributed by atoms with Gasteiger partial charge in [0.25, 0.3) is 0 Å². The molecule has 1 unspecified atom stereocenters. The summed E-state index contributed by atoms with van der Waals surface area (Å²) >= 11 is 0. The molecule has 2 heterocycles. The molecule has 0 aromatic carbocycles. The predicted molar refractivity (Wildman–Crippen MR) is 68.2 cm³/mol. The number of ether oxygens (including phenoxy) is 1. The van der Waals surface area contributed by atoms with Gasteiger partial charge in [-0.3, -0.25) is 4.79 Å². The average molecular weight is 264 g/mol. The van der Waals surface area contributed by atoms with Crippen molar-refractivity contribution in [1.82, 2.24) is 15.0 Å². The van der Waals surface area contributed by atoms with E-state index < -0.39 is 0 Å². The highest BCUT2D eigenvalue weighted by Crippen LogP contribution is 2.44. The zero-order chi connectivity index (χ0) is 13.3. The number of hydrogen-bond acceptors (Lipinski definition) is 5. The van der Waals surface area contributed by atoms with Crippen LogP contribution in [0.2, 0.25) is 0 Å². The van der Waals surface area contributed by atoms with Crippen LogP contribution >= 0.6 is 0 Å². The maximum Gasteiger partial charge on any atom is 0.157 e. The first-order valence-corrected chi connectivity index (χ1v) is 6.96. The molecular formula is C13H20N4O2. The van der Waals surface area contributed by atoms with E-state index in [-0.39, 0.29) is 17.3 Å². The first-order valence-electron chi connectivity index (χ1n) is 6.96. The Balaban J connectivity index is 1.60. The van der Waals surface area contributed by atoms with E-state index in [1.807, 2.05) is 0 Å². The normalized spacial score (nSPS) is 25.2. The standard InChI is InChI=1S/C13H20N4O2/c14-7-11-8-17(16-15-11)9-12(18)10-2-5-19-13(6-10)3-1-4-13/h8,10H,1-7,9,14H2. The molecule has 1 spiro atoms. The van der Waals surface area contributed by atoms with E-state index in [4.69, 9.17) is 10.5 Å². The fourth-order valence-electron chi connectivity index (χ4n) is 3.02. The molecule has 1 saturated heterocycles. The van der Waals surface area contributed by atoms with E-state index in [1.165, 1.54) is 6.42 Å². The van der Waals surface area contributed by atoms with Crippen molar-refractivity contribution in [2.24, 2.45) is 11.7 Å². The van der Waals surface area contributed by atoms with E-state index >= 15 is 0 Å². The minimum Gasteiger partial charge on any atom is -0.375 e. The van der Waals surface area contributed by atoms with E-state index in [0.717, 1.165) is 31.4 Å². The molecule has 1 aromatic rings. The topological polar surface area (TPSA) is 83.0 Å². The van der Waals surface area contributed by atoms with Crippen molar-refractivity contribution in [3.05, 3.63) is 11.9 Å². The van der Waals surface area contributed by atoms with Crippen LogP contribution in [0.3, 0.4) is 0 Å². The van der Waals surface area contributed by atoms with E-state index in [2.05, 4.69) is 10.3 Å². The Morgan fingerprint density at radius 1 is 1.58 bits per heavy atom. The van der Waals surface area contributed by atoms with Crippen LogP contribution in [0.5, 0.6) is 0 Å². The second-order valence-electron chi connectivity index (χ2n) is 5.65. The Kier molecular flexibility index (Phi) is 3.36. The number of hydrogen-bond donors (Lipinski definition) is 1. The van der Waals surface area contributed by atoms with Crippen LogP contribution in [0.25, 0.3) is 0 Å². The smallest absolute Gasteiger partial charge is 0.157 e. The Labute approximate surface area is 112 Å². The zero-order valence-electron chi connectivity index (χ0n) is 11.0. The van der Waals surface area contributed by atoms with Gasteiger partial charge in [0.1, 0.15) is 6.54 Å². The van der Waals surface area contributed by atoms with Gasteiger partial charge >= 0.3 is 0 Å². The largest absolute Gasteiger partial charge is 0.375 e. The minimum atomic E-state index is 0.0172. The van der Waals surface area contributed by atoms with Gasteiger partial charge in [0.05, 0.1) is 17.5 Å². The van der Waals surface area contributed by atoms with E-state index in [9.17, 15) is 4.79 Å². The third-order valence-electron chi connectivity index (χ3n) is 4.33. The molecule has 6 heteroatoms. The highest BCUT2D eigenvalue weighted by Gasteiger charge is 2.44. The summed E-state index contributed by atoms with van der Waals surface area (Å²) in [5.74, 6) is 0.350. The number of nitrogens with two attached hydrogens (primary N) is 1. The van der Waals surface area contributed by atoms with Crippen molar-refractivity contribution in [3.63, 3.8) is 0 Å². The van der Waals surface area contributed by atoms with Gasteiger partial charge in [0.15, 0.2) is 5.78 Å². The van der Waals surface area contributed by atoms with Crippen LogP contribution in [0.15, 0.2) is 6.20 Å². The minimum absolute atomic E-state index is 0.0172. The molecule has 0 amide bonds. The van der Waals surface area contributed by atoms with Gasteiger partial charge in [-0.1, -0.05) is 5.21 Å². The molecule has 1 saturated carbocycles. The van der Waals surface area contributed by atoms with Crippen LogP contribution < -0.4 is 5.73 Å². The molecule has 6 nitrogen and oxygen atoms in total. The van der Waals surface area contributed by atoms with Gasteiger partial charge in [-0.25, -0.2) is 4.68 Å². The highest BCUT2D eigenvalue weighted by molar-refractivity contribution is 5.81. The Bertz CT molecular complexity index is 467. The number of carbonyl (C=O) groups is 1. The molecule has 1 atom stereocenters. The lowest BCUT2D eigenvalue weighted by Gasteiger charge is -2.46. The molecule has 2 fully saturated rings. The van der Waals surface area contributed by atoms with Gasteiger partial charge in [0, 0.05) is 19.1 Å². The number of aromatic nitrogens is 3. The summed E-state index contributed by atoms with van der Waals surface area (Å²) in [5, 5.41) is 7.83. The maximum atomic E-state index is 12.3. The number of carbonyl (C=O) groups excluding carboxylic acids is 1. The van der Waals surface area contributed by atoms with E-state index in [1.54, 1.807) is 10.9 Å². The predicted octanol–water partition coefficient (Wildman–Crippen LogP) is 0.655. The first kappa shape index (κ1) is 12.7. The average Bonchev–Trinajstić information content (AvgIpc) is 2.85. The summed E-state index contributed by atoms with van der Waals surface area (Å²) in [5.41, 5.74) is 6.22. The molecule has 0 bridgehead atoms. The molecule has 3 rings (SSSR count). The van der Waals surface area contributed by atoms with Gasteiger partial charge in [0.2, 0.25) is 0 Å².